The van der Waals surface area contributed by atoms with Crippen LogP contribution in [0.5, 0.6) is 5.75 Å². The lowest BCUT2D eigenvalue weighted by molar-refractivity contribution is -0.126. The van der Waals surface area contributed by atoms with E-state index in [1.54, 1.807) is 95.9 Å². The van der Waals surface area contributed by atoms with Crippen molar-refractivity contribution in [2.75, 3.05) is 11.4 Å². The number of carbonyl (C=O) groups excluding carboxylic acids is 2. The Bertz CT molecular complexity index is 2480. The van der Waals surface area contributed by atoms with E-state index in [0.717, 1.165) is 36.8 Å². The van der Waals surface area contributed by atoms with E-state index in [1.807, 2.05) is 25.1 Å². The number of fused-ring (bicyclic) bond motifs is 1. The van der Waals surface area contributed by atoms with Crippen LogP contribution in [0, 0.1) is 0 Å². The van der Waals surface area contributed by atoms with Crippen LogP contribution in [-0.4, -0.2) is 36.3 Å². The normalized spacial score (nSPS) is 11.9. The summed E-state index contributed by atoms with van der Waals surface area (Å²) < 4.78 is 36.2. The summed E-state index contributed by atoms with van der Waals surface area (Å²) in [5, 5.41) is 0.918. The van der Waals surface area contributed by atoms with Crippen molar-refractivity contribution in [1.82, 2.24) is 14.3 Å². The molecule has 1 heterocycles. The van der Waals surface area contributed by atoms with E-state index >= 15 is 0 Å². The number of hydrogen-bond donors (Lipinski definition) is 1. The minimum Gasteiger partial charge on any atom is -0.476 e. The number of nitrogens with zero attached hydrogens (tertiary/aromatic N) is 3. The number of amides is 2. The van der Waals surface area contributed by atoms with Gasteiger partial charge in [-0.3, -0.25) is 19.0 Å². The third-order valence-corrected chi connectivity index (χ3v) is 10.9. The highest BCUT2D eigenvalue weighted by atomic mass is 35.5. The number of halogens is 1. The molecule has 0 aliphatic rings. The number of aryl methyl sites for hydroxylation is 1. The van der Waals surface area contributed by atoms with Crippen molar-refractivity contribution in [3.63, 3.8) is 0 Å². The van der Waals surface area contributed by atoms with Gasteiger partial charge in [0.05, 0.1) is 28.7 Å². The number of aromatic nitrogens is 2. The second-order valence-corrected chi connectivity index (χ2v) is 15.6. The molecule has 1 atom stereocenters. The van der Waals surface area contributed by atoms with Crippen LogP contribution in [0.4, 0.5) is 5.69 Å². The van der Waals surface area contributed by atoms with Gasteiger partial charge in [-0.05, 0) is 84.6 Å². The molecule has 0 saturated heterocycles. The molecule has 0 saturated carbocycles. The van der Waals surface area contributed by atoms with E-state index < -0.39 is 22.0 Å². The standard InChI is InChI=1S/C44H43ClN4O6S/c1-3-5-12-26-49(43(51)33-19-21-35(45)22-20-33)36-23-24-39-38(28-36)44(52)48(30-46-39)29-31-18-25-40(34(27-31)13-4-2)55-41(32-14-8-6-9-15-32)42(50)47-56(53,54)37-16-10-7-11-17-37/h6-11,14-25,27-28,30,41H,3-5,12-13,26,29H2,1-2H3,(H,47,50). The molecule has 0 aliphatic heterocycles. The summed E-state index contributed by atoms with van der Waals surface area (Å²) in [4.78, 5) is 47.6. The van der Waals surface area contributed by atoms with Crippen LogP contribution in [0.25, 0.3) is 10.9 Å². The van der Waals surface area contributed by atoms with Gasteiger partial charge in [0, 0.05) is 28.4 Å². The van der Waals surface area contributed by atoms with Crippen molar-refractivity contribution in [2.45, 2.75) is 63.5 Å². The molecule has 0 fully saturated rings. The van der Waals surface area contributed by atoms with Crippen molar-refractivity contribution in [1.29, 1.82) is 0 Å². The van der Waals surface area contributed by atoms with Crippen LogP contribution in [0.1, 0.15) is 72.7 Å². The molecule has 0 radical (unpaired) electrons. The number of unbranched alkanes of at least 4 members (excludes halogenated alkanes) is 2. The SMILES string of the molecule is CCCCCN(C(=O)c1ccc(Cl)cc1)c1ccc2ncn(Cc3ccc(OC(C(=O)NS(=O)(=O)c4ccccc4)c4ccccc4)c(CCC)c3)c(=O)c2c1. The maximum Gasteiger partial charge on any atom is 0.279 e. The Hall–Kier alpha value is -5.78. The summed E-state index contributed by atoms with van der Waals surface area (Å²) in [5.74, 6) is -0.603. The number of rotatable bonds is 16. The van der Waals surface area contributed by atoms with Crippen LogP contribution in [0.2, 0.25) is 5.02 Å². The summed E-state index contributed by atoms with van der Waals surface area (Å²) >= 11 is 6.09. The highest BCUT2D eigenvalue weighted by Gasteiger charge is 2.28. The van der Waals surface area contributed by atoms with Gasteiger partial charge in [-0.1, -0.05) is 105 Å². The monoisotopic (exact) mass is 790 g/mol. The topological polar surface area (TPSA) is 128 Å². The highest BCUT2D eigenvalue weighted by molar-refractivity contribution is 7.90. The van der Waals surface area contributed by atoms with Crippen LogP contribution in [0.15, 0.2) is 137 Å². The smallest absolute Gasteiger partial charge is 0.279 e. The second kappa shape index (κ2) is 18.2. The first kappa shape index (κ1) is 39.9. The van der Waals surface area contributed by atoms with Gasteiger partial charge in [-0.25, -0.2) is 18.1 Å². The third kappa shape index (κ3) is 9.53. The molecule has 288 valence electrons. The van der Waals surface area contributed by atoms with Crippen molar-refractivity contribution in [3.05, 3.63) is 165 Å². The van der Waals surface area contributed by atoms with E-state index in [2.05, 4.69) is 16.6 Å². The Morgan fingerprint density at radius 3 is 2.27 bits per heavy atom. The zero-order valence-electron chi connectivity index (χ0n) is 31.2. The van der Waals surface area contributed by atoms with Crippen LogP contribution < -0.4 is 19.9 Å². The van der Waals surface area contributed by atoms with E-state index in [1.165, 1.54) is 23.0 Å². The predicted octanol–water partition coefficient (Wildman–Crippen LogP) is 8.51. The minimum atomic E-state index is -4.16. The van der Waals surface area contributed by atoms with Gasteiger partial charge in [-0.15, -0.1) is 0 Å². The first-order valence-electron chi connectivity index (χ1n) is 18.6. The quantitative estimate of drug-likeness (QED) is 0.0974. The zero-order chi connectivity index (χ0) is 39.7. The number of ether oxygens (including phenoxy) is 1. The first-order valence-corrected chi connectivity index (χ1v) is 20.5. The molecule has 1 aromatic heterocycles. The molecular weight excluding hydrogens is 748 g/mol. The second-order valence-electron chi connectivity index (χ2n) is 13.4. The summed E-state index contributed by atoms with van der Waals surface area (Å²) in [6, 6.07) is 33.9. The maximum absolute atomic E-state index is 14.0. The fraction of sp³-hybridized carbons (Fsp3) is 0.227. The van der Waals surface area contributed by atoms with E-state index in [4.69, 9.17) is 16.3 Å². The average molecular weight is 791 g/mol. The molecule has 6 aromatic rings. The van der Waals surface area contributed by atoms with E-state index in [0.29, 0.717) is 51.5 Å². The molecule has 0 spiro atoms. The summed E-state index contributed by atoms with van der Waals surface area (Å²) in [7, 11) is -4.16. The van der Waals surface area contributed by atoms with Gasteiger partial charge < -0.3 is 9.64 Å². The predicted molar refractivity (Wildman–Crippen MR) is 220 cm³/mol. The fourth-order valence-electron chi connectivity index (χ4n) is 6.42. The number of hydrogen-bond acceptors (Lipinski definition) is 7. The lowest BCUT2D eigenvalue weighted by Crippen LogP contribution is -2.37. The molecule has 6 rings (SSSR count). The minimum absolute atomic E-state index is 0.0402. The Morgan fingerprint density at radius 1 is 0.857 bits per heavy atom. The van der Waals surface area contributed by atoms with Crippen molar-refractivity contribution in [3.8, 4) is 5.75 Å². The Morgan fingerprint density at radius 2 is 1.57 bits per heavy atom. The van der Waals surface area contributed by atoms with Gasteiger partial charge in [-0.2, -0.15) is 0 Å². The summed E-state index contributed by atoms with van der Waals surface area (Å²) in [6.07, 6.45) is 4.33. The number of anilines is 1. The number of nitrogens with one attached hydrogen (secondary N) is 1. The Kier molecular flexibility index (Phi) is 13.0. The van der Waals surface area contributed by atoms with E-state index in [-0.39, 0.29) is 22.9 Å². The van der Waals surface area contributed by atoms with Gasteiger partial charge in [0.15, 0.2) is 0 Å². The van der Waals surface area contributed by atoms with Crippen LogP contribution >= 0.6 is 11.6 Å². The van der Waals surface area contributed by atoms with Gasteiger partial charge >= 0.3 is 0 Å². The van der Waals surface area contributed by atoms with Crippen LogP contribution in [0.3, 0.4) is 0 Å². The molecular formula is C44H43ClN4O6S. The molecule has 10 nitrogen and oxygen atoms in total. The number of carbonyl (C=O) groups is 2. The molecule has 2 amide bonds. The lowest BCUT2D eigenvalue weighted by atomic mass is 10.0. The molecule has 1 N–H and O–H groups in total. The molecule has 0 bridgehead atoms. The first-order chi connectivity index (χ1) is 27.1. The summed E-state index contributed by atoms with van der Waals surface area (Å²) in [6.45, 7) is 4.80. The summed E-state index contributed by atoms with van der Waals surface area (Å²) in [5.41, 5.74) is 3.42. The zero-order valence-corrected chi connectivity index (χ0v) is 32.8. The maximum atomic E-state index is 14.0. The van der Waals surface area contributed by atoms with E-state index in [9.17, 15) is 22.8 Å². The molecule has 12 heteroatoms. The van der Waals surface area contributed by atoms with Gasteiger partial charge in [0.2, 0.25) is 6.10 Å². The molecule has 0 aliphatic carbocycles. The van der Waals surface area contributed by atoms with Crippen molar-refractivity contribution < 1.29 is 22.7 Å². The molecule has 56 heavy (non-hydrogen) atoms. The third-order valence-electron chi connectivity index (χ3n) is 9.31. The van der Waals surface area contributed by atoms with Crippen LogP contribution in [-0.2, 0) is 27.8 Å². The Labute approximate surface area is 331 Å². The Balaban J connectivity index is 1.28. The van der Waals surface area contributed by atoms with Gasteiger partial charge in [0.1, 0.15) is 5.75 Å². The largest absolute Gasteiger partial charge is 0.476 e. The number of sulfonamides is 1. The van der Waals surface area contributed by atoms with Crippen molar-refractivity contribution >= 4 is 50.0 Å². The van der Waals surface area contributed by atoms with Gasteiger partial charge in [0.25, 0.3) is 27.4 Å². The fourth-order valence-corrected chi connectivity index (χ4v) is 7.55. The highest BCUT2D eigenvalue weighted by Crippen LogP contribution is 2.29. The lowest BCUT2D eigenvalue weighted by Gasteiger charge is -2.23. The molecule has 1 unspecified atom stereocenters. The van der Waals surface area contributed by atoms with Crippen molar-refractivity contribution in [2.24, 2.45) is 0 Å². The number of benzene rings is 5. The molecule has 5 aromatic carbocycles. The average Bonchev–Trinajstić information content (AvgIpc) is 3.21.